The van der Waals surface area contributed by atoms with Crippen molar-refractivity contribution in [3.63, 3.8) is 0 Å². The molecule has 0 saturated heterocycles. The highest BCUT2D eigenvalue weighted by molar-refractivity contribution is 5.78. The van der Waals surface area contributed by atoms with E-state index in [1.165, 1.54) is 25.7 Å². The number of rotatable bonds is 4. The van der Waals surface area contributed by atoms with Crippen molar-refractivity contribution >= 4 is 5.96 Å². The molecule has 5 heteroatoms. The highest BCUT2D eigenvalue weighted by Crippen LogP contribution is 2.17. The maximum Gasteiger partial charge on any atom is 0.189 e. The number of nitrogens with zero attached hydrogens (tertiary/aromatic N) is 3. The van der Waals surface area contributed by atoms with Gasteiger partial charge in [-0.1, -0.05) is 43.2 Å². The van der Waals surface area contributed by atoms with Crippen LogP contribution >= 0.6 is 0 Å². The van der Waals surface area contributed by atoms with Crippen LogP contribution in [0.2, 0.25) is 0 Å². The van der Waals surface area contributed by atoms with Crippen LogP contribution in [-0.2, 0) is 6.54 Å². The third kappa shape index (κ3) is 3.81. The van der Waals surface area contributed by atoms with E-state index in [4.69, 9.17) is 5.73 Å². The molecule has 2 aromatic rings. The zero-order valence-corrected chi connectivity index (χ0v) is 12.6. The van der Waals surface area contributed by atoms with Crippen molar-refractivity contribution in [3.05, 3.63) is 48.5 Å². The molecule has 1 aromatic carbocycles. The lowest BCUT2D eigenvalue weighted by Gasteiger charge is -2.11. The van der Waals surface area contributed by atoms with Crippen molar-refractivity contribution < 1.29 is 0 Å². The Bertz CT molecular complexity index is 615. The monoisotopic (exact) mass is 295 g/mol. The van der Waals surface area contributed by atoms with Gasteiger partial charge in [0.1, 0.15) is 12.4 Å². The Labute approximate surface area is 130 Å². The van der Waals surface area contributed by atoms with Gasteiger partial charge in [-0.2, -0.15) is 0 Å². The van der Waals surface area contributed by atoms with Crippen LogP contribution in [0.15, 0.2) is 47.7 Å². The number of guanidine groups is 1. The summed E-state index contributed by atoms with van der Waals surface area (Å²) in [6, 6.07) is 10.6. The highest BCUT2D eigenvalue weighted by atomic mass is 15.1. The van der Waals surface area contributed by atoms with Crippen molar-refractivity contribution in [2.45, 2.75) is 38.3 Å². The lowest BCUT2D eigenvalue weighted by Crippen LogP contribution is -2.38. The van der Waals surface area contributed by atoms with E-state index in [9.17, 15) is 0 Å². The van der Waals surface area contributed by atoms with Gasteiger partial charge in [0.05, 0.1) is 0 Å². The molecule has 1 aliphatic rings. The Hall–Kier alpha value is -2.43. The van der Waals surface area contributed by atoms with Crippen molar-refractivity contribution in [1.29, 1.82) is 0 Å². The maximum absolute atomic E-state index is 5.91. The molecule has 0 bridgehead atoms. The first kappa shape index (κ1) is 14.5. The van der Waals surface area contributed by atoms with Crippen LogP contribution in [0.25, 0.3) is 11.1 Å². The minimum absolute atomic E-state index is 0.403. The molecule has 0 aliphatic heterocycles. The quantitative estimate of drug-likeness (QED) is 0.671. The Morgan fingerprint density at radius 1 is 1.09 bits per heavy atom. The van der Waals surface area contributed by atoms with E-state index in [-0.39, 0.29) is 0 Å². The van der Waals surface area contributed by atoms with Crippen LogP contribution in [0.4, 0.5) is 0 Å². The predicted octanol–water partition coefficient (Wildman–Crippen LogP) is 2.49. The number of aromatic nitrogens is 2. The molecule has 1 aliphatic carbocycles. The lowest BCUT2D eigenvalue weighted by molar-refractivity contribution is 0.624. The van der Waals surface area contributed by atoms with E-state index in [2.05, 4.69) is 20.3 Å². The van der Waals surface area contributed by atoms with Gasteiger partial charge in [0, 0.05) is 24.0 Å². The normalized spacial score (nSPS) is 15.9. The first-order valence-electron chi connectivity index (χ1n) is 7.74. The minimum Gasteiger partial charge on any atom is -0.370 e. The third-order valence-corrected chi connectivity index (χ3v) is 3.91. The Kier molecular flexibility index (Phi) is 4.63. The fourth-order valence-corrected chi connectivity index (χ4v) is 2.70. The average molecular weight is 295 g/mol. The van der Waals surface area contributed by atoms with E-state index in [1.54, 1.807) is 0 Å². The summed E-state index contributed by atoms with van der Waals surface area (Å²) in [5, 5.41) is 3.26. The van der Waals surface area contributed by atoms with Gasteiger partial charge in [-0.3, -0.25) is 0 Å². The Morgan fingerprint density at radius 3 is 2.45 bits per heavy atom. The van der Waals surface area contributed by atoms with Gasteiger partial charge < -0.3 is 11.1 Å². The summed E-state index contributed by atoms with van der Waals surface area (Å²) in [7, 11) is 0. The number of benzene rings is 1. The number of hydrogen-bond donors (Lipinski definition) is 2. The zero-order chi connectivity index (χ0) is 15.2. The lowest BCUT2D eigenvalue weighted by atomic mass is 10.1. The Balaban J connectivity index is 1.59. The zero-order valence-electron chi connectivity index (χ0n) is 12.6. The van der Waals surface area contributed by atoms with Crippen molar-refractivity contribution in [2.24, 2.45) is 10.7 Å². The molecule has 1 saturated carbocycles. The second-order valence-electron chi connectivity index (χ2n) is 5.58. The summed E-state index contributed by atoms with van der Waals surface area (Å²) in [6.45, 7) is 0.403. The first-order chi connectivity index (χ1) is 10.8. The van der Waals surface area contributed by atoms with Gasteiger partial charge in [0.15, 0.2) is 5.96 Å². The topological polar surface area (TPSA) is 76.2 Å². The third-order valence-electron chi connectivity index (χ3n) is 3.91. The molecule has 1 aromatic heterocycles. The van der Waals surface area contributed by atoms with E-state index < -0.39 is 0 Å². The van der Waals surface area contributed by atoms with E-state index in [0.29, 0.717) is 24.4 Å². The molecule has 0 unspecified atom stereocenters. The molecule has 3 rings (SSSR count). The average Bonchev–Trinajstić information content (AvgIpc) is 3.07. The number of hydrogen-bond acceptors (Lipinski definition) is 3. The second-order valence-corrected chi connectivity index (χ2v) is 5.58. The second kappa shape index (κ2) is 7.02. The summed E-state index contributed by atoms with van der Waals surface area (Å²) in [5.41, 5.74) is 8.02. The minimum atomic E-state index is 0.403. The maximum atomic E-state index is 5.91. The molecule has 114 valence electrons. The molecular weight excluding hydrogens is 274 g/mol. The first-order valence-corrected chi connectivity index (χ1v) is 7.74. The number of nitrogens with one attached hydrogen (secondary N) is 1. The molecule has 22 heavy (non-hydrogen) atoms. The van der Waals surface area contributed by atoms with Gasteiger partial charge in [-0.15, -0.1) is 0 Å². The molecule has 0 radical (unpaired) electrons. The van der Waals surface area contributed by atoms with Gasteiger partial charge in [-0.25, -0.2) is 15.0 Å². The van der Waals surface area contributed by atoms with Crippen LogP contribution < -0.4 is 11.1 Å². The van der Waals surface area contributed by atoms with Crippen molar-refractivity contribution in [1.82, 2.24) is 15.3 Å². The standard InChI is InChI=1S/C17H21N5/c18-17(22-15-8-4-5-9-15)21-12-16-19-10-14(11-20-16)13-6-2-1-3-7-13/h1-3,6-7,10-11,15H,4-5,8-9,12H2,(H3,18,21,22). The largest absolute Gasteiger partial charge is 0.370 e. The molecule has 0 spiro atoms. The molecule has 0 atom stereocenters. The highest BCUT2D eigenvalue weighted by Gasteiger charge is 2.14. The summed E-state index contributed by atoms with van der Waals surface area (Å²) in [5.74, 6) is 1.17. The van der Waals surface area contributed by atoms with Crippen LogP contribution in [0.5, 0.6) is 0 Å². The van der Waals surface area contributed by atoms with Gasteiger partial charge in [0.25, 0.3) is 0 Å². The molecular formula is C17H21N5. The van der Waals surface area contributed by atoms with Crippen LogP contribution in [0, 0.1) is 0 Å². The fourth-order valence-electron chi connectivity index (χ4n) is 2.70. The molecule has 1 fully saturated rings. The number of aliphatic imine (C=N–C) groups is 1. The summed E-state index contributed by atoms with van der Waals surface area (Å²) in [6.07, 6.45) is 8.56. The summed E-state index contributed by atoms with van der Waals surface area (Å²) in [4.78, 5) is 13.0. The van der Waals surface area contributed by atoms with Crippen LogP contribution in [0.1, 0.15) is 31.5 Å². The molecule has 1 heterocycles. The predicted molar refractivity (Wildman–Crippen MR) is 88.2 cm³/mol. The molecule has 5 nitrogen and oxygen atoms in total. The van der Waals surface area contributed by atoms with E-state index in [1.807, 2.05) is 42.7 Å². The van der Waals surface area contributed by atoms with Crippen molar-refractivity contribution in [2.75, 3.05) is 0 Å². The SMILES string of the molecule is NC(=NCc1ncc(-c2ccccc2)cn1)NC1CCCC1. The van der Waals surface area contributed by atoms with Gasteiger partial charge in [-0.05, 0) is 18.4 Å². The smallest absolute Gasteiger partial charge is 0.189 e. The summed E-state index contributed by atoms with van der Waals surface area (Å²) >= 11 is 0. The van der Waals surface area contributed by atoms with Crippen LogP contribution in [0.3, 0.4) is 0 Å². The van der Waals surface area contributed by atoms with E-state index in [0.717, 1.165) is 11.1 Å². The van der Waals surface area contributed by atoms with Gasteiger partial charge >= 0.3 is 0 Å². The fraction of sp³-hybridized carbons (Fsp3) is 0.353. The van der Waals surface area contributed by atoms with Gasteiger partial charge in [0.2, 0.25) is 0 Å². The van der Waals surface area contributed by atoms with Crippen molar-refractivity contribution in [3.8, 4) is 11.1 Å². The molecule has 3 N–H and O–H groups in total. The molecule has 0 amide bonds. The summed E-state index contributed by atoms with van der Waals surface area (Å²) < 4.78 is 0. The Morgan fingerprint density at radius 2 is 1.77 bits per heavy atom. The van der Waals surface area contributed by atoms with E-state index >= 15 is 0 Å². The van der Waals surface area contributed by atoms with Crippen LogP contribution in [-0.4, -0.2) is 22.0 Å². The number of nitrogens with two attached hydrogens (primary N) is 1.